The largest absolute Gasteiger partial charge is 0.478 e. The third-order valence-corrected chi connectivity index (χ3v) is 4.02. The van der Waals surface area contributed by atoms with Crippen LogP contribution in [0.15, 0.2) is 46.9 Å². The molecule has 0 aromatic heterocycles. The molecule has 3 nitrogen and oxygen atoms in total. The maximum absolute atomic E-state index is 11.1. The molecule has 0 aliphatic rings. The van der Waals surface area contributed by atoms with Gasteiger partial charge in [0.05, 0.1) is 16.6 Å². The van der Waals surface area contributed by atoms with Gasteiger partial charge in [-0.1, -0.05) is 46.6 Å². The second-order valence-corrected chi connectivity index (χ2v) is 5.98. The molecule has 21 heavy (non-hydrogen) atoms. The lowest BCUT2D eigenvalue weighted by Crippen LogP contribution is -2.10. The van der Waals surface area contributed by atoms with Crippen molar-refractivity contribution in [3.05, 3.63) is 63.1 Å². The molecule has 0 fully saturated rings. The Bertz CT molecular complexity index is 660. The maximum Gasteiger partial charge on any atom is 0.337 e. The van der Waals surface area contributed by atoms with Crippen LogP contribution >= 0.6 is 27.5 Å². The van der Waals surface area contributed by atoms with Crippen molar-refractivity contribution >= 4 is 39.2 Å². The predicted molar refractivity (Wildman–Crippen MR) is 89.2 cm³/mol. The van der Waals surface area contributed by atoms with E-state index in [9.17, 15) is 4.79 Å². The number of halogens is 2. The minimum absolute atomic E-state index is 0.102. The Hall–Kier alpha value is -1.52. The first-order valence-electron chi connectivity index (χ1n) is 6.56. The number of carboxylic acids is 1. The molecule has 0 heterocycles. The second-order valence-electron chi connectivity index (χ2n) is 4.66. The topological polar surface area (TPSA) is 49.3 Å². The number of hydrogen-bond acceptors (Lipinski definition) is 2. The van der Waals surface area contributed by atoms with Crippen molar-refractivity contribution in [1.82, 2.24) is 0 Å². The average molecular weight is 369 g/mol. The van der Waals surface area contributed by atoms with Crippen LogP contribution in [0.2, 0.25) is 5.02 Å². The number of anilines is 1. The lowest BCUT2D eigenvalue weighted by molar-refractivity contribution is 0.0697. The number of aromatic carboxylic acids is 1. The van der Waals surface area contributed by atoms with Crippen LogP contribution in [0.4, 0.5) is 5.69 Å². The van der Waals surface area contributed by atoms with E-state index in [4.69, 9.17) is 16.7 Å². The van der Waals surface area contributed by atoms with Gasteiger partial charge in [0, 0.05) is 10.2 Å². The van der Waals surface area contributed by atoms with E-state index in [0.29, 0.717) is 0 Å². The summed E-state index contributed by atoms with van der Waals surface area (Å²) in [5.41, 5.74) is 1.98. The first kappa shape index (κ1) is 15.9. The highest BCUT2D eigenvalue weighted by Gasteiger charge is 2.13. The van der Waals surface area contributed by atoms with Crippen LogP contribution in [0.3, 0.4) is 0 Å². The molecular formula is C16H15BrClNO2. The van der Waals surface area contributed by atoms with E-state index >= 15 is 0 Å². The Morgan fingerprint density at radius 1 is 1.33 bits per heavy atom. The van der Waals surface area contributed by atoms with Gasteiger partial charge in [0.25, 0.3) is 0 Å². The van der Waals surface area contributed by atoms with Gasteiger partial charge in [-0.3, -0.25) is 0 Å². The Morgan fingerprint density at radius 2 is 2.10 bits per heavy atom. The van der Waals surface area contributed by atoms with Crippen molar-refractivity contribution in [1.29, 1.82) is 0 Å². The fourth-order valence-electron chi connectivity index (χ4n) is 2.12. The zero-order chi connectivity index (χ0) is 15.4. The summed E-state index contributed by atoms with van der Waals surface area (Å²) >= 11 is 9.35. The van der Waals surface area contributed by atoms with Gasteiger partial charge in [-0.25, -0.2) is 4.79 Å². The zero-order valence-corrected chi connectivity index (χ0v) is 13.8. The van der Waals surface area contributed by atoms with E-state index in [1.165, 1.54) is 0 Å². The van der Waals surface area contributed by atoms with Crippen LogP contribution in [0, 0.1) is 0 Å². The molecule has 110 valence electrons. The maximum atomic E-state index is 11.1. The van der Waals surface area contributed by atoms with Gasteiger partial charge < -0.3 is 10.4 Å². The minimum atomic E-state index is -1.03. The monoisotopic (exact) mass is 367 g/mol. The van der Waals surface area contributed by atoms with Crippen molar-refractivity contribution in [2.24, 2.45) is 0 Å². The highest BCUT2D eigenvalue weighted by Crippen LogP contribution is 2.27. The van der Waals surface area contributed by atoms with Crippen molar-refractivity contribution in [2.45, 2.75) is 19.4 Å². The molecule has 1 atom stereocenters. The van der Waals surface area contributed by atoms with Crippen LogP contribution < -0.4 is 5.32 Å². The van der Waals surface area contributed by atoms with Crippen LogP contribution in [0.1, 0.15) is 35.3 Å². The van der Waals surface area contributed by atoms with E-state index in [-0.39, 0.29) is 16.6 Å². The number of carbonyl (C=O) groups is 1. The Kier molecular flexibility index (Phi) is 5.26. The van der Waals surface area contributed by atoms with Crippen molar-refractivity contribution in [3.8, 4) is 0 Å². The number of benzene rings is 2. The summed E-state index contributed by atoms with van der Waals surface area (Å²) in [6.45, 7) is 2.08. The predicted octanol–water partition coefficient (Wildman–Crippen LogP) is 5.36. The summed E-state index contributed by atoms with van der Waals surface area (Å²) in [6.07, 6.45) is 0.876. The van der Waals surface area contributed by atoms with Gasteiger partial charge in [-0.05, 0) is 42.3 Å². The van der Waals surface area contributed by atoms with E-state index in [1.54, 1.807) is 18.2 Å². The molecular weight excluding hydrogens is 354 g/mol. The van der Waals surface area contributed by atoms with Gasteiger partial charge in [0.1, 0.15) is 0 Å². The molecule has 2 aromatic carbocycles. The summed E-state index contributed by atoms with van der Waals surface area (Å²) in [5, 5.41) is 12.7. The molecule has 0 spiro atoms. The van der Waals surface area contributed by atoms with Gasteiger partial charge in [-0.2, -0.15) is 0 Å². The summed E-state index contributed by atoms with van der Waals surface area (Å²) in [6, 6.07) is 13.1. The normalized spacial score (nSPS) is 12.0. The first-order valence-corrected chi connectivity index (χ1v) is 7.73. The zero-order valence-electron chi connectivity index (χ0n) is 11.4. The highest BCUT2D eigenvalue weighted by molar-refractivity contribution is 9.10. The Labute approximate surface area is 137 Å². The van der Waals surface area contributed by atoms with Gasteiger partial charge in [0.2, 0.25) is 0 Å². The number of rotatable bonds is 5. The van der Waals surface area contributed by atoms with Crippen LogP contribution in [-0.4, -0.2) is 11.1 Å². The molecule has 0 aliphatic carbocycles. The van der Waals surface area contributed by atoms with E-state index in [2.05, 4.69) is 34.2 Å². The number of carboxylic acid groups (broad SMARTS) is 1. The molecule has 0 saturated carbocycles. The third kappa shape index (κ3) is 3.99. The summed E-state index contributed by atoms with van der Waals surface area (Å²) in [4.78, 5) is 11.1. The summed E-state index contributed by atoms with van der Waals surface area (Å²) in [5.74, 6) is -1.03. The fourth-order valence-corrected chi connectivity index (χ4v) is 2.74. The van der Waals surface area contributed by atoms with Crippen LogP contribution in [-0.2, 0) is 0 Å². The molecule has 0 aliphatic heterocycles. The molecule has 0 bridgehead atoms. The molecule has 2 N–H and O–H groups in total. The van der Waals surface area contributed by atoms with Crippen molar-refractivity contribution in [3.63, 3.8) is 0 Å². The SMILES string of the molecule is CCC(Nc1ccc(Cl)c(C(=O)O)c1)c1cccc(Br)c1. The summed E-state index contributed by atoms with van der Waals surface area (Å²) < 4.78 is 1.02. The van der Waals surface area contributed by atoms with E-state index in [1.807, 2.05) is 18.2 Å². The summed E-state index contributed by atoms with van der Waals surface area (Å²) in [7, 11) is 0. The quantitative estimate of drug-likeness (QED) is 0.746. The highest BCUT2D eigenvalue weighted by atomic mass is 79.9. The number of nitrogens with one attached hydrogen (secondary N) is 1. The average Bonchev–Trinajstić information content (AvgIpc) is 2.46. The van der Waals surface area contributed by atoms with E-state index in [0.717, 1.165) is 22.1 Å². The first-order chi connectivity index (χ1) is 10.0. The molecule has 0 radical (unpaired) electrons. The third-order valence-electron chi connectivity index (χ3n) is 3.20. The minimum Gasteiger partial charge on any atom is -0.478 e. The standard InChI is InChI=1S/C16H15BrClNO2/c1-2-15(10-4-3-5-11(17)8-10)19-12-6-7-14(18)13(9-12)16(20)21/h3-9,15,19H,2H2,1H3,(H,20,21). The lowest BCUT2D eigenvalue weighted by Gasteiger charge is -2.19. The van der Waals surface area contributed by atoms with Gasteiger partial charge in [0.15, 0.2) is 0 Å². The van der Waals surface area contributed by atoms with Gasteiger partial charge >= 0.3 is 5.97 Å². The number of hydrogen-bond donors (Lipinski definition) is 2. The lowest BCUT2D eigenvalue weighted by atomic mass is 10.0. The molecule has 0 amide bonds. The van der Waals surface area contributed by atoms with Crippen LogP contribution in [0.5, 0.6) is 0 Å². The van der Waals surface area contributed by atoms with Crippen molar-refractivity contribution in [2.75, 3.05) is 5.32 Å². The molecule has 0 saturated heterocycles. The second kappa shape index (κ2) is 6.96. The van der Waals surface area contributed by atoms with Gasteiger partial charge in [-0.15, -0.1) is 0 Å². The molecule has 2 aromatic rings. The smallest absolute Gasteiger partial charge is 0.337 e. The van der Waals surface area contributed by atoms with Crippen LogP contribution in [0.25, 0.3) is 0 Å². The molecule has 1 unspecified atom stereocenters. The van der Waals surface area contributed by atoms with E-state index < -0.39 is 5.97 Å². The Morgan fingerprint density at radius 3 is 2.71 bits per heavy atom. The Balaban J connectivity index is 2.27. The fraction of sp³-hybridized carbons (Fsp3) is 0.188. The van der Waals surface area contributed by atoms with Crippen molar-refractivity contribution < 1.29 is 9.90 Å². The molecule has 5 heteroatoms. The molecule has 2 rings (SSSR count).